The van der Waals surface area contributed by atoms with Crippen LogP contribution in [0.3, 0.4) is 0 Å². The van der Waals surface area contributed by atoms with Crippen molar-refractivity contribution < 1.29 is 27.9 Å². The van der Waals surface area contributed by atoms with Crippen LogP contribution in [0.4, 0.5) is 0 Å². The van der Waals surface area contributed by atoms with Crippen LogP contribution in [0.5, 0.6) is 0 Å². The molecule has 3 fully saturated rings. The van der Waals surface area contributed by atoms with Crippen LogP contribution in [0.1, 0.15) is 33.1 Å². The monoisotopic (exact) mass is 403 g/mol. The van der Waals surface area contributed by atoms with Gasteiger partial charge in [0, 0.05) is 51.6 Å². The fourth-order valence-corrected chi connectivity index (χ4v) is 5.85. The summed E-state index contributed by atoms with van der Waals surface area (Å²) in [5.74, 6) is 0.150. The normalized spacial score (nSPS) is 27.7. The first-order valence-corrected chi connectivity index (χ1v) is 11.0. The van der Waals surface area contributed by atoms with Gasteiger partial charge in [-0.15, -0.1) is 0 Å². The molecule has 1 N–H and O–H groups in total. The zero-order valence-corrected chi connectivity index (χ0v) is 17.0. The van der Waals surface area contributed by atoms with Crippen LogP contribution in [0.25, 0.3) is 0 Å². The predicted octanol–water partition coefficient (Wildman–Crippen LogP) is -0.170. The third-order valence-electron chi connectivity index (χ3n) is 6.46. The first-order valence-electron chi connectivity index (χ1n) is 9.15. The quantitative estimate of drug-likeness (QED) is 0.640. The van der Waals surface area contributed by atoms with Gasteiger partial charge in [0.25, 0.3) is 6.47 Å². The number of nitrogens with zero attached hydrogens (tertiary/aromatic N) is 3. The van der Waals surface area contributed by atoms with Crippen molar-refractivity contribution in [3.05, 3.63) is 0 Å². The second-order valence-electron chi connectivity index (χ2n) is 7.64. The first-order chi connectivity index (χ1) is 12.6. The first kappa shape index (κ1) is 21.6. The van der Waals surface area contributed by atoms with Gasteiger partial charge in [-0.25, -0.2) is 12.7 Å². The number of rotatable bonds is 2. The minimum atomic E-state index is -3.34. The SMILES string of the molecule is CCN1CCC2(CN(S(C)(=O)=O)CC23CCN(C(C)=O)CC3)C1=O.O=CO. The van der Waals surface area contributed by atoms with E-state index < -0.39 is 15.4 Å². The summed E-state index contributed by atoms with van der Waals surface area (Å²) < 4.78 is 25.8. The van der Waals surface area contributed by atoms with Gasteiger partial charge in [0.2, 0.25) is 21.8 Å². The molecule has 0 bridgehead atoms. The maximum atomic E-state index is 13.1. The summed E-state index contributed by atoms with van der Waals surface area (Å²) in [6, 6.07) is 0. The Bertz CT molecular complexity index is 701. The van der Waals surface area contributed by atoms with Crippen LogP contribution in [-0.2, 0) is 24.4 Å². The van der Waals surface area contributed by atoms with Crippen molar-refractivity contribution in [2.75, 3.05) is 45.5 Å². The van der Waals surface area contributed by atoms with Crippen molar-refractivity contribution in [3.63, 3.8) is 0 Å². The van der Waals surface area contributed by atoms with Crippen LogP contribution < -0.4 is 0 Å². The fraction of sp³-hybridized carbons (Fsp3) is 0.824. The van der Waals surface area contributed by atoms with Gasteiger partial charge in [-0.3, -0.25) is 14.4 Å². The van der Waals surface area contributed by atoms with Crippen molar-refractivity contribution in [2.24, 2.45) is 10.8 Å². The van der Waals surface area contributed by atoms with Crippen molar-refractivity contribution in [1.29, 1.82) is 0 Å². The second-order valence-corrected chi connectivity index (χ2v) is 9.62. The predicted molar refractivity (Wildman–Crippen MR) is 98.3 cm³/mol. The van der Waals surface area contributed by atoms with E-state index in [1.165, 1.54) is 10.6 Å². The molecule has 2 spiro atoms. The molecular formula is C17H29N3O6S. The standard InChI is InChI=1S/C16H27N3O4S.CH2O2/c1-4-17-10-7-16(14(17)21)12-19(24(3,22)23)11-15(16)5-8-18(9-6-15)13(2)20;2-1-3/h4-12H2,1-3H3;1H,(H,2,3). The highest BCUT2D eigenvalue weighted by Gasteiger charge is 2.66. The Morgan fingerprint density at radius 2 is 1.74 bits per heavy atom. The van der Waals surface area contributed by atoms with Gasteiger partial charge in [-0.05, 0) is 26.2 Å². The van der Waals surface area contributed by atoms with Crippen molar-refractivity contribution in [1.82, 2.24) is 14.1 Å². The Kier molecular flexibility index (Phi) is 6.20. The van der Waals surface area contributed by atoms with E-state index in [-0.39, 0.29) is 23.7 Å². The lowest BCUT2D eigenvalue weighted by molar-refractivity contribution is -0.143. The number of hydrogen-bond donors (Lipinski definition) is 1. The molecule has 10 heteroatoms. The van der Waals surface area contributed by atoms with Gasteiger partial charge >= 0.3 is 0 Å². The van der Waals surface area contributed by atoms with E-state index in [1.54, 1.807) is 11.8 Å². The van der Waals surface area contributed by atoms with Gasteiger partial charge in [0.1, 0.15) is 0 Å². The third kappa shape index (κ3) is 3.69. The van der Waals surface area contributed by atoms with E-state index in [0.717, 1.165) is 0 Å². The zero-order chi connectivity index (χ0) is 20.5. The largest absolute Gasteiger partial charge is 0.483 e. The summed E-state index contributed by atoms with van der Waals surface area (Å²) >= 11 is 0. The molecule has 0 aromatic carbocycles. The molecule has 3 aliphatic rings. The summed E-state index contributed by atoms with van der Waals surface area (Å²) in [5.41, 5.74) is -0.960. The Labute approximate surface area is 160 Å². The van der Waals surface area contributed by atoms with E-state index in [2.05, 4.69) is 0 Å². The topological polar surface area (TPSA) is 115 Å². The van der Waals surface area contributed by atoms with E-state index in [9.17, 15) is 18.0 Å². The van der Waals surface area contributed by atoms with Crippen LogP contribution in [0.2, 0.25) is 0 Å². The minimum absolute atomic E-state index is 0.0461. The molecule has 3 saturated heterocycles. The molecule has 3 rings (SSSR count). The lowest BCUT2D eigenvalue weighted by Gasteiger charge is -2.46. The summed E-state index contributed by atoms with van der Waals surface area (Å²) in [4.78, 5) is 36.8. The van der Waals surface area contributed by atoms with Gasteiger partial charge in [-0.1, -0.05) is 0 Å². The van der Waals surface area contributed by atoms with Crippen molar-refractivity contribution >= 4 is 28.3 Å². The molecular weight excluding hydrogens is 374 g/mol. The molecule has 0 aromatic heterocycles. The lowest BCUT2D eigenvalue weighted by atomic mass is 9.60. The number of amides is 2. The summed E-state index contributed by atoms with van der Waals surface area (Å²) in [5, 5.41) is 6.89. The third-order valence-corrected chi connectivity index (χ3v) is 7.66. The molecule has 0 saturated carbocycles. The Morgan fingerprint density at radius 1 is 1.19 bits per heavy atom. The number of carbonyl (C=O) groups excluding carboxylic acids is 2. The Morgan fingerprint density at radius 3 is 2.15 bits per heavy atom. The van der Waals surface area contributed by atoms with E-state index >= 15 is 0 Å². The fourth-order valence-electron chi connectivity index (χ4n) is 4.91. The number of carboxylic acid groups (broad SMARTS) is 1. The highest BCUT2D eigenvalue weighted by Crippen LogP contribution is 2.58. The van der Waals surface area contributed by atoms with Crippen LogP contribution >= 0.6 is 0 Å². The van der Waals surface area contributed by atoms with Gasteiger partial charge in [0.15, 0.2) is 0 Å². The molecule has 154 valence electrons. The van der Waals surface area contributed by atoms with Crippen molar-refractivity contribution in [2.45, 2.75) is 33.1 Å². The number of likely N-dealkylation sites (tertiary alicyclic amines) is 2. The maximum Gasteiger partial charge on any atom is 0.290 e. The molecule has 27 heavy (non-hydrogen) atoms. The molecule has 0 aromatic rings. The van der Waals surface area contributed by atoms with Gasteiger partial charge in [-0.2, -0.15) is 0 Å². The molecule has 2 amide bonds. The van der Waals surface area contributed by atoms with Crippen LogP contribution in [-0.4, -0.2) is 91.4 Å². The molecule has 9 nitrogen and oxygen atoms in total. The average Bonchev–Trinajstić information content (AvgIpc) is 3.09. The molecule has 1 atom stereocenters. The summed E-state index contributed by atoms with van der Waals surface area (Å²) in [6.45, 7) is 6.54. The van der Waals surface area contributed by atoms with Crippen LogP contribution in [0, 0.1) is 10.8 Å². The van der Waals surface area contributed by atoms with Crippen LogP contribution in [0.15, 0.2) is 0 Å². The molecule has 0 aliphatic carbocycles. The minimum Gasteiger partial charge on any atom is -0.483 e. The highest BCUT2D eigenvalue weighted by atomic mass is 32.2. The number of hydrogen-bond acceptors (Lipinski definition) is 5. The van der Waals surface area contributed by atoms with E-state index in [1.807, 2.05) is 11.8 Å². The Balaban J connectivity index is 0.000000817. The zero-order valence-electron chi connectivity index (χ0n) is 16.2. The molecule has 0 radical (unpaired) electrons. The summed E-state index contributed by atoms with van der Waals surface area (Å²) in [7, 11) is -3.34. The number of sulfonamides is 1. The number of fused-ring (bicyclic) bond motifs is 1. The smallest absolute Gasteiger partial charge is 0.290 e. The van der Waals surface area contributed by atoms with Gasteiger partial charge < -0.3 is 14.9 Å². The lowest BCUT2D eigenvalue weighted by Crippen LogP contribution is -2.53. The molecule has 3 aliphatic heterocycles. The molecule has 1 unspecified atom stereocenters. The second kappa shape index (κ2) is 7.75. The maximum absolute atomic E-state index is 13.1. The average molecular weight is 404 g/mol. The highest BCUT2D eigenvalue weighted by molar-refractivity contribution is 7.88. The van der Waals surface area contributed by atoms with E-state index in [0.29, 0.717) is 58.5 Å². The summed E-state index contributed by atoms with van der Waals surface area (Å²) in [6.07, 6.45) is 3.33. The Hall–Kier alpha value is -1.68. The number of carbonyl (C=O) groups is 3. The van der Waals surface area contributed by atoms with Gasteiger partial charge in [0.05, 0.1) is 11.7 Å². The molecule has 3 heterocycles. The number of piperidine rings is 1. The van der Waals surface area contributed by atoms with E-state index in [4.69, 9.17) is 9.90 Å². The van der Waals surface area contributed by atoms with Crippen molar-refractivity contribution in [3.8, 4) is 0 Å².